The number of hydrogen-bond donors (Lipinski definition) is 0. The Kier molecular flexibility index (Phi) is 2.41. The van der Waals surface area contributed by atoms with Gasteiger partial charge >= 0.3 is 0 Å². The van der Waals surface area contributed by atoms with Gasteiger partial charge in [0.25, 0.3) is 0 Å². The lowest BCUT2D eigenvalue weighted by Crippen LogP contribution is -1.79. The van der Waals surface area contributed by atoms with E-state index >= 15 is 0 Å². The monoisotopic (exact) mass is 296 g/mol. The fraction of sp³-hybridized carbons (Fsp3) is 0.0909. The molecule has 0 atom stereocenters. The molecule has 0 aliphatic carbocycles. The number of hydrogen-bond acceptors (Lipinski definition) is 1. The van der Waals surface area contributed by atoms with Crippen molar-refractivity contribution in [3.8, 4) is 0 Å². The SMILES string of the molecule is Cc1ccc2cc3c(cc2c1)oc1c2ccccc2c(C)cc31. The van der Waals surface area contributed by atoms with Gasteiger partial charge in [-0.15, -0.1) is 0 Å². The molecule has 0 unspecified atom stereocenters. The first-order valence-corrected chi connectivity index (χ1v) is 7.96. The Labute approximate surface area is 134 Å². The largest absolute Gasteiger partial charge is 0.455 e. The standard InChI is InChI=1S/C22H16O/c1-13-7-8-15-11-19-20-10-14(2)17-5-3-4-6-18(17)22(20)23-21(19)12-16(15)9-13/h3-12H,1-2H3. The van der Waals surface area contributed by atoms with Crippen LogP contribution in [0.5, 0.6) is 0 Å². The van der Waals surface area contributed by atoms with Gasteiger partial charge in [0, 0.05) is 16.2 Å². The maximum Gasteiger partial charge on any atom is 0.143 e. The lowest BCUT2D eigenvalue weighted by atomic mass is 10.00. The highest BCUT2D eigenvalue weighted by molar-refractivity contribution is 6.18. The summed E-state index contributed by atoms with van der Waals surface area (Å²) in [7, 11) is 0. The van der Waals surface area contributed by atoms with Gasteiger partial charge in [-0.3, -0.25) is 0 Å². The molecule has 0 fully saturated rings. The molecule has 0 saturated heterocycles. The fourth-order valence-corrected chi connectivity index (χ4v) is 3.64. The van der Waals surface area contributed by atoms with Gasteiger partial charge in [0.05, 0.1) is 0 Å². The van der Waals surface area contributed by atoms with Gasteiger partial charge in [0.2, 0.25) is 0 Å². The Hall–Kier alpha value is -2.80. The van der Waals surface area contributed by atoms with Crippen LogP contribution in [0.4, 0.5) is 0 Å². The minimum Gasteiger partial charge on any atom is -0.455 e. The Balaban J connectivity index is 2.02. The van der Waals surface area contributed by atoms with Crippen molar-refractivity contribution in [1.29, 1.82) is 0 Å². The molecule has 110 valence electrons. The Morgan fingerprint density at radius 1 is 0.652 bits per heavy atom. The molecule has 1 heterocycles. The Morgan fingerprint density at radius 3 is 2.35 bits per heavy atom. The highest BCUT2D eigenvalue weighted by Gasteiger charge is 2.12. The summed E-state index contributed by atoms with van der Waals surface area (Å²) < 4.78 is 6.27. The van der Waals surface area contributed by atoms with Crippen molar-refractivity contribution in [2.24, 2.45) is 0 Å². The van der Waals surface area contributed by atoms with E-state index in [-0.39, 0.29) is 0 Å². The zero-order chi connectivity index (χ0) is 15.6. The minimum absolute atomic E-state index is 0.967. The molecule has 0 aliphatic rings. The first-order chi connectivity index (χ1) is 11.2. The molecular weight excluding hydrogens is 280 g/mol. The summed E-state index contributed by atoms with van der Waals surface area (Å²) >= 11 is 0. The van der Waals surface area contributed by atoms with Crippen LogP contribution in [0.25, 0.3) is 43.5 Å². The molecule has 0 N–H and O–H groups in total. The van der Waals surface area contributed by atoms with E-state index in [2.05, 4.69) is 74.5 Å². The maximum absolute atomic E-state index is 6.27. The molecule has 0 spiro atoms. The number of aryl methyl sites for hydroxylation is 2. The van der Waals surface area contributed by atoms with Crippen molar-refractivity contribution >= 4 is 43.5 Å². The normalized spacial score (nSPS) is 11.9. The number of rotatable bonds is 0. The molecule has 5 rings (SSSR count). The van der Waals surface area contributed by atoms with Gasteiger partial charge in [0.15, 0.2) is 0 Å². The van der Waals surface area contributed by atoms with E-state index in [1.54, 1.807) is 0 Å². The third kappa shape index (κ3) is 1.74. The van der Waals surface area contributed by atoms with Crippen molar-refractivity contribution in [1.82, 2.24) is 0 Å². The lowest BCUT2D eigenvalue weighted by Gasteiger charge is -2.02. The number of benzene rings is 4. The molecule has 5 aromatic rings. The van der Waals surface area contributed by atoms with Crippen LogP contribution in [-0.4, -0.2) is 0 Å². The van der Waals surface area contributed by atoms with Crippen LogP contribution in [-0.2, 0) is 0 Å². The average molecular weight is 296 g/mol. The average Bonchev–Trinajstić information content (AvgIpc) is 2.91. The van der Waals surface area contributed by atoms with Crippen LogP contribution in [0, 0.1) is 13.8 Å². The highest BCUT2D eigenvalue weighted by Crippen LogP contribution is 2.37. The lowest BCUT2D eigenvalue weighted by molar-refractivity contribution is 0.673. The first-order valence-electron chi connectivity index (χ1n) is 7.96. The molecule has 0 saturated carbocycles. The minimum atomic E-state index is 0.967. The van der Waals surface area contributed by atoms with Crippen molar-refractivity contribution in [2.75, 3.05) is 0 Å². The van der Waals surface area contributed by atoms with Crippen LogP contribution in [0.1, 0.15) is 11.1 Å². The van der Waals surface area contributed by atoms with Gasteiger partial charge in [0.1, 0.15) is 11.2 Å². The summed E-state index contributed by atoms with van der Waals surface area (Å²) in [6.07, 6.45) is 0. The summed E-state index contributed by atoms with van der Waals surface area (Å²) in [6.45, 7) is 4.30. The predicted molar refractivity (Wildman–Crippen MR) is 98.2 cm³/mol. The summed E-state index contributed by atoms with van der Waals surface area (Å²) in [5.41, 5.74) is 4.52. The topological polar surface area (TPSA) is 13.1 Å². The van der Waals surface area contributed by atoms with Crippen molar-refractivity contribution in [2.45, 2.75) is 13.8 Å². The van der Waals surface area contributed by atoms with Gasteiger partial charge in [-0.25, -0.2) is 0 Å². The smallest absolute Gasteiger partial charge is 0.143 e. The first kappa shape index (κ1) is 12.7. The van der Waals surface area contributed by atoms with E-state index in [1.165, 1.54) is 43.4 Å². The van der Waals surface area contributed by atoms with Gasteiger partial charge in [-0.05, 0) is 53.8 Å². The molecular formula is C22H16O. The second kappa shape index (κ2) is 4.36. The predicted octanol–water partition coefficient (Wildman–Crippen LogP) is 6.51. The summed E-state index contributed by atoms with van der Waals surface area (Å²) in [6, 6.07) is 21.7. The van der Waals surface area contributed by atoms with Crippen molar-refractivity contribution in [3.63, 3.8) is 0 Å². The van der Waals surface area contributed by atoms with Gasteiger partial charge in [-0.2, -0.15) is 0 Å². The van der Waals surface area contributed by atoms with Crippen molar-refractivity contribution in [3.05, 3.63) is 71.8 Å². The molecule has 1 nitrogen and oxygen atoms in total. The molecule has 23 heavy (non-hydrogen) atoms. The molecule has 1 heteroatoms. The van der Waals surface area contributed by atoms with E-state index in [9.17, 15) is 0 Å². The van der Waals surface area contributed by atoms with E-state index in [1.807, 2.05) is 0 Å². The van der Waals surface area contributed by atoms with Crippen LogP contribution in [0.15, 0.2) is 65.1 Å². The Bertz CT molecular complexity index is 1220. The number of furan rings is 1. The van der Waals surface area contributed by atoms with Gasteiger partial charge in [-0.1, -0.05) is 48.0 Å². The molecule has 0 bridgehead atoms. The van der Waals surface area contributed by atoms with E-state index in [0.717, 1.165) is 11.2 Å². The maximum atomic E-state index is 6.27. The summed E-state index contributed by atoms with van der Waals surface area (Å²) in [4.78, 5) is 0. The van der Waals surface area contributed by atoms with Crippen LogP contribution >= 0.6 is 0 Å². The molecule has 1 aromatic heterocycles. The van der Waals surface area contributed by atoms with Crippen LogP contribution < -0.4 is 0 Å². The van der Waals surface area contributed by atoms with E-state index < -0.39 is 0 Å². The van der Waals surface area contributed by atoms with Crippen LogP contribution in [0.2, 0.25) is 0 Å². The summed E-state index contributed by atoms with van der Waals surface area (Å²) in [5, 5.41) is 7.36. The zero-order valence-electron chi connectivity index (χ0n) is 13.2. The fourth-order valence-electron chi connectivity index (χ4n) is 3.64. The van der Waals surface area contributed by atoms with Gasteiger partial charge < -0.3 is 4.42 Å². The van der Waals surface area contributed by atoms with E-state index in [0.29, 0.717) is 0 Å². The molecule has 4 aromatic carbocycles. The summed E-state index contributed by atoms with van der Waals surface area (Å²) in [5.74, 6) is 0. The second-order valence-electron chi connectivity index (χ2n) is 6.42. The number of fused-ring (bicyclic) bond motifs is 6. The quantitative estimate of drug-likeness (QED) is 0.317. The Morgan fingerprint density at radius 2 is 1.48 bits per heavy atom. The third-order valence-corrected chi connectivity index (χ3v) is 4.80. The zero-order valence-corrected chi connectivity index (χ0v) is 13.2. The molecule has 0 aliphatic heterocycles. The third-order valence-electron chi connectivity index (χ3n) is 4.80. The van der Waals surface area contributed by atoms with Crippen molar-refractivity contribution < 1.29 is 4.42 Å². The van der Waals surface area contributed by atoms with E-state index in [4.69, 9.17) is 4.42 Å². The molecule has 0 radical (unpaired) electrons. The second-order valence-corrected chi connectivity index (χ2v) is 6.42. The highest BCUT2D eigenvalue weighted by atomic mass is 16.3. The van der Waals surface area contributed by atoms with Crippen LogP contribution in [0.3, 0.4) is 0 Å². The molecule has 0 amide bonds.